The maximum atomic E-state index is 13.8. The first-order valence-corrected chi connectivity index (χ1v) is 6.56. The van der Waals surface area contributed by atoms with Crippen LogP contribution >= 0.6 is 15.9 Å². The van der Waals surface area contributed by atoms with Crippen molar-refractivity contribution in [3.05, 3.63) is 34.1 Å². The predicted molar refractivity (Wildman–Crippen MR) is 70.0 cm³/mol. The van der Waals surface area contributed by atoms with Crippen molar-refractivity contribution in [3.8, 4) is 0 Å². The molecule has 1 aromatic rings. The van der Waals surface area contributed by atoms with Crippen molar-refractivity contribution in [1.82, 2.24) is 4.90 Å². The summed E-state index contributed by atoms with van der Waals surface area (Å²) in [5.41, 5.74) is -0.329. The van der Waals surface area contributed by atoms with E-state index in [4.69, 9.17) is 4.74 Å². The molecule has 0 N–H and O–H groups in total. The van der Waals surface area contributed by atoms with Crippen molar-refractivity contribution in [1.29, 1.82) is 0 Å². The lowest BCUT2D eigenvalue weighted by atomic mass is 10.0. The Morgan fingerprint density at radius 1 is 1.50 bits per heavy atom. The largest absolute Gasteiger partial charge is 0.377 e. The van der Waals surface area contributed by atoms with Crippen molar-refractivity contribution in [2.75, 3.05) is 19.8 Å². The molecule has 1 fully saturated rings. The summed E-state index contributed by atoms with van der Waals surface area (Å²) in [6.07, 6.45) is 0. The van der Waals surface area contributed by atoms with E-state index in [2.05, 4.69) is 15.9 Å². The van der Waals surface area contributed by atoms with Gasteiger partial charge >= 0.3 is 0 Å². The van der Waals surface area contributed by atoms with E-state index >= 15 is 0 Å². The van der Waals surface area contributed by atoms with Crippen LogP contribution in [0.4, 0.5) is 4.39 Å². The summed E-state index contributed by atoms with van der Waals surface area (Å²) in [6, 6.07) is 4.54. The summed E-state index contributed by atoms with van der Waals surface area (Å²) in [6.45, 7) is 5.26. The smallest absolute Gasteiger partial charge is 0.258 e. The average Bonchev–Trinajstić information content (AvgIpc) is 2.27. The summed E-state index contributed by atoms with van der Waals surface area (Å²) in [4.78, 5) is 14.1. The molecule has 0 aromatic heterocycles. The topological polar surface area (TPSA) is 29.5 Å². The molecule has 1 aliphatic heterocycles. The van der Waals surface area contributed by atoms with Crippen molar-refractivity contribution in [2.45, 2.75) is 19.4 Å². The SMILES string of the molecule is CC1(C)COCCN1C(=O)c1c(F)cccc1Br. The summed E-state index contributed by atoms with van der Waals surface area (Å²) >= 11 is 3.23. The minimum Gasteiger partial charge on any atom is -0.377 e. The first-order valence-electron chi connectivity index (χ1n) is 5.77. The van der Waals surface area contributed by atoms with E-state index in [1.54, 1.807) is 17.0 Å². The minimum absolute atomic E-state index is 0.0903. The molecule has 0 spiro atoms. The molecular weight excluding hydrogens is 301 g/mol. The van der Waals surface area contributed by atoms with Gasteiger partial charge in [-0.3, -0.25) is 4.79 Å². The van der Waals surface area contributed by atoms with Crippen molar-refractivity contribution >= 4 is 21.8 Å². The van der Waals surface area contributed by atoms with Crippen LogP contribution in [0.1, 0.15) is 24.2 Å². The fourth-order valence-electron chi connectivity index (χ4n) is 2.07. The third-order valence-electron chi connectivity index (χ3n) is 3.07. The maximum absolute atomic E-state index is 13.8. The van der Waals surface area contributed by atoms with Gasteiger partial charge in [0.05, 0.1) is 24.3 Å². The van der Waals surface area contributed by atoms with Gasteiger partial charge in [-0.1, -0.05) is 6.07 Å². The van der Waals surface area contributed by atoms with Gasteiger partial charge in [0.15, 0.2) is 0 Å². The van der Waals surface area contributed by atoms with Gasteiger partial charge in [-0.15, -0.1) is 0 Å². The lowest BCUT2D eigenvalue weighted by Gasteiger charge is -2.42. The molecule has 0 aliphatic carbocycles. The quantitative estimate of drug-likeness (QED) is 0.797. The van der Waals surface area contributed by atoms with E-state index in [9.17, 15) is 9.18 Å². The number of hydrogen-bond acceptors (Lipinski definition) is 2. The van der Waals surface area contributed by atoms with Crippen LogP contribution in [-0.4, -0.2) is 36.1 Å². The van der Waals surface area contributed by atoms with Gasteiger partial charge in [-0.05, 0) is 41.9 Å². The lowest BCUT2D eigenvalue weighted by molar-refractivity contribution is -0.0372. The normalized spacial score (nSPS) is 18.8. The van der Waals surface area contributed by atoms with Crippen LogP contribution in [0.3, 0.4) is 0 Å². The zero-order valence-corrected chi connectivity index (χ0v) is 12.0. The Kier molecular flexibility index (Phi) is 3.73. The molecule has 2 rings (SSSR count). The summed E-state index contributed by atoms with van der Waals surface area (Å²) in [7, 11) is 0. The monoisotopic (exact) mass is 315 g/mol. The Morgan fingerprint density at radius 3 is 2.83 bits per heavy atom. The fraction of sp³-hybridized carbons (Fsp3) is 0.462. The number of nitrogens with zero attached hydrogens (tertiary/aromatic N) is 1. The number of amides is 1. The van der Waals surface area contributed by atoms with Crippen molar-refractivity contribution in [2.24, 2.45) is 0 Å². The average molecular weight is 316 g/mol. The molecule has 1 heterocycles. The number of halogens is 2. The third kappa shape index (κ3) is 2.42. The van der Waals surface area contributed by atoms with Gasteiger partial charge in [-0.25, -0.2) is 4.39 Å². The molecule has 0 bridgehead atoms. The molecule has 18 heavy (non-hydrogen) atoms. The van der Waals surface area contributed by atoms with Gasteiger partial charge < -0.3 is 9.64 Å². The van der Waals surface area contributed by atoms with Crippen LogP contribution in [0.5, 0.6) is 0 Å². The number of ether oxygens (including phenoxy) is 1. The van der Waals surface area contributed by atoms with Crippen LogP contribution < -0.4 is 0 Å². The minimum atomic E-state index is -0.503. The molecule has 5 heteroatoms. The Hall–Kier alpha value is -0.940. The van der Waals surface area contributed by atoms with Crippen LogP contribution in [0.2, 0.25) is 0 Å². The predicted octanol–water partition coefficient (Wildman–Crippen LogP) is 2.84. The second-order valence-corrected chi connectivity index (χ2v) is 5.77. The molecule has 1 amide bonds. The first kappa shape index (κ1) is 13.5. The summed E-state index contributed by atoms with van der Waals surface area (Å²) in [5.74, 6) is -0.801. The highest BCUT2D eigenvalue weighted by Gasteiger charge is 2.36. The van der Waals surface area contributed by atoms with Gasteiger partial charge in [0.2, 0.25) is 0 Å². The Balaban J connectivity index is 2.36. The van der Waals surface area contributed by atoms with E-state index in [0.717, 1.165) is 0 Å². The number of hydrogen-bond donors (Lipinski definition) is 0. The molecule has 1 aliphatic rings. The van der Waals surface area contributed by atoms with Crippen molar-refractivity contribution < 1.29 is 13.9 Å². The van der Waals surface area contributed by atoms with Gasteiger partial charge in [0, 0.05) is 11.0 Å². The maximum Gasteiger partial charge on any atom is 0.258 e. The molecule has 0 atom stereocenters. The lowest BCUT2D eigenvalue weighted by Crippen LogP contribution is -2.55. The molecule has 3 nitrogen and oxygen atoms in total. The standard InChI is InChI=1S/C13H15BrFNO2/c1-13(2)8-18-7-6-16(13)12(17)11-9(14)4-3-5-10(11)15/h3-5H,6-8H2,1-2H3. The third-order valence-corrected chi connectivity index (χ3v) is 3.73. The van der Waals surface area contributed by atoms with Gasteiger partial charge in [0.1, 0.15) is 5.82 Å². The number of carbonyl (C=O) groups excluding carboxylic acids is 1. The van der Waals surface area contributed by atoms with E-state index in [1.165, 1.54) is 6.07 Å². The van der Waals surface area contributed by atoms with E-state index < -0.39 is 11.4 Å². The van der Waals surface area contributed by atoms with Crippen LogP contribution in [0.25, 0.3) is 0 Å². The molecule has 0 unspecified atom stereocenters. The van der Waals surface area contributed by atoms with E-state index in [-0.39, 0.29) is 11.5 Å². The number of carbonyl (C=O) groups is 1. The van der Waals surface area contributed by atoms with E-state index in [0.29, 0.717) is 24.2 Å². The number of rotatable bonds is 1. The highest BCUT2D eigenvalue weighted by Crippen LogP contribution is 2.26. The first-order chi connectivity index (χ1) is 8.43. The molecule has 0 saturated carbocycles. The molecule has 0 radical (unpaired) electrons. The van der Waals surface area contributed by atoms with Crippen LogP contribution in [-0.2, 0) is 4.74 Å². The van der Waals surface area contributed by atoms with Crippen LogP contribution in [0, 0.1) is 5.82 Å². The summed E-state index contributed by atoms with van der Waals surface area (Å²) < 4.78 is 19.6. The van der Waals surface area contributed by atoms with Gasteiger partial charge in [-0.2, -0.15) is 0 Å². The zero-order chi connectivity index (χ0) is 13.3. The number of benzene rings is 1. The number of morpholine rings is 1. The Labute approximate surface area is 114 Å². The zero-order valence-electron chi connectivity index (χ0n) is 10.4. The van der Waals surface area contributed by atoms with Crippen molar-refractivity contribution in [3.63, 3.8) is 0 Å². The molecule has 98 valence electrons. The fourth-order valence-corrected chi connectivity index (χ4v) is 2.58. The van der Waals surface area contributed by atoms with Crippen LogP contribution in [0.15, 0.2) is 22.7 Å². The van der Waals surface area contributed by atoms with Gasteiger partial charge in [0.25, 0.3) is 5.91 Å². The van der Waals surface area contributed by atoms with E-state index in [1.807, 2.05) is 13.8 Å². The molecular formula is C13H15BrFNO2. The Bertz CT molecular complexity index is 456. The Morgan fingerprint density at radius 2 is 2.22 bits per heavy atom. The highest BCUT2D eigenvalue weighted by molar-refractivity contribution is 9.10. The molecule has 1 saturated heterocycles. The molecule has 1 aromatic carbocycles. The second kappa shape index (κ2) is 4.97. The highest BCUT2D eigenvalue weighted by atomic mass is 79.9. The summed E-state index contributed by atoms with van der Waals surface area (Å²) in [5, 5.41) is 0. The second-order valence-electron chi connectivity index (χ2n) is 4.92.